The molecule has 0 amide bonds. The lowest BCUT2D eigenvalue weighted by Gasteiger charge is -2.44. The zero-order valence-electron chi connectivity index (χ0n) is 10.6. The van der Waals surface area contributed by atoms with Crippen LogP contribution in [-0.4, -0.2) is 48.5 Å². The summed E-state index contributed by atoms with van der Waals surface area (Å²) in [4.78, 5) is 2.55. The van der Waals surface area contributed by atoms with Crippen molar-refractivity contribution in [1.82, 2.24) is 4.90 Å². The van der Waals surface area contributed by atoms with Crippen LogP contribution in [0.2, 0.25) is 0 Å². The highest BCUT2D eigenvalue weighted by atomic mass is 16.5. The Hall–Kier alpha value is -0.120. The molecule has 16 heavy (non-hydrogen) atoms. The Morgan fingerprint density at radius 1 is 1.50 bits per heavy atom. The molecule has 0 aromatic rings. The molecule has 1 N–H and O–H groups in total. The zero-order valence-corrected chi connectivity index (χ0v) is 10.6. The molecule has 0 aliphatic carbocycles. The van der Waals surface area contributed by atoms with Gasteiger partial charge in [-0.15, -0.1) is 0 Å². The van der Waals surface area contributed by atoms with E-state index in [1.165, 1.54) is 19.4 Å². The molecule has 3 unspecified atom stereocenters. The number of hydrogen-bond acceptors (Lipinski definition) is 3. The third-order valence-corrected chi connectivity index (χ3v) is 4.59. The molecule has 0 spiro atoms. The Kier molecular flexibility index (Phi) is 3.88. The van der Waals surface area contributed by atoms with E-state index >= 15 is 0 Å². The summed E-state index contributed by atoms with van der Waals surface area (Å²) < 4.78 is 5.11. The van der Waals surface area contributed by atoms with Gasteiger partial charge in [0.05, 0.1) is 5.60 Å². The summed E-state index contributed by atoms with van der Waals surface area (Å²) >= 11 is 0. The number of piperidine rings is 1. The molecule has 2 aliphatic rings. The Balaban J connectivity index is 1.91. The van der Waals surface area contributed by atoms with E-state index in [1.54, 1.807) is 7.11 Å². The van der Waals surface area contributed by atoms with Crippen LogP contribution in [0.5, 0.6) is 0 Å². The predicted molar refractivity (Wildman–Crippen MR) is 64.4 cm³/mol. The molecule has 2 saturated heterocycles. The third kappa shape index (κ3) is 2.41. The predicted octanol–water partition coefficient (Wildman–Crippen LogP) is 1.65. The Morgan fingerprint density at radius 2 is 2.31 bits per heavy atom. The average molecular weight is 227 g/mol. The van der Waals surface area contributed by atoms with Crippen LogP contribution < -0.4 is 0 Å². The molecular weight excluding hydrogens is 202 g/mol. The Morgan fingerprint density at radius 3 is 3.06 bits per heavy atom. The third-order valence-electron chi connectivity index (χ3n) is 4.59. The van der Waals surface area contributed by atoms with Gasteiger partial charge >= 0.3 is 0 Å². The van der Waals surface area contributed by atoms with Gasteiger partial charge in [-0.3, -0.25) is 0 Å². The fourth-order valence-corrected chi connectivity index (χ4v) is 3.28. The lowest BCUT2D eigenvalue weighted by Crippen LogP contribution is -2.51. The molecule has 0 bridgehead atoms. The van der Waals surface area contributed by atoms with Crippen molar-refractivity contribution in [3.8, 4) is 0 Å². The van der Waals surface area contributed by atoms with E-state index in [-0.39, 0.29) is 0 Å². The highest BCUT2D eigenvalue weighted by molar-refractivity contribution is 4.97. The summed E-state index contributed by atoms with van der Waals surface area (Å²) in [5, 5.41) is 10.7. The van der Waals surface area contributed by atoms with Gasteiger partial charge in [-0.2, -0.15) is 0 Å². The van der Waals surface area contributed by atoms with Crippen LogP contribution in [0.1, 0.15) is 39.0 Å². The van der Waals surface area contributed by atoms with Crippen molar-refractivity contribution in [1.29, 1.82) is 0 Å². The van der Waals surface area contributed by atoms with E-state index in [0.717, 1.165) is 32.4 Å². The van der Waals surface area contributed by atoms with Crippen LogP contribution in [0.3, 0.4) is 0 Å². The first-order valence-corrected chi connectivity index (χ1v) is 6.61. The van der Waals surface area contributed by atoms with Crippen LogP contribution in [0.15, 0.2) is 0 Å². The van der Waals surface area contributed by atoms with Gasteiger partial charge in [0, 0.05) is 26.3 Å². The van der Waals surface area contributed by atoms with Crippen LogP contribution >= 0.6 is 0 Å². The molecule has 2 heterocycles. The van der Waals surface area contributed by atoms with Crippen molar-refractivity contribution in [2.75, 3.05) is 26.8 Å². The van der Waals surface area contributed by atoms with Crippen molar-refractivity contribution in [2.24, 2.45) is 5.92 Å². The maximum Gasteiger partial charge on any atom is 0.0701 e. The van der Waals surface area contributed by atoms with Gasteiger partial charge in [-0.25, -0.2) is 0 Å². The van der Waals surface area contributed by atoms with Crippen molar-refractivity contribution >= 4 is 0 Å². The molecule has 94 valence electrons. The number of rotatable bonds is 4. The molecule has 2 fully saturated rings. The largest absolute Gasteiger partial charge is 0.390 e. The van der Waals surface area contributed by atoms with Gasteiger partial charge < -0.3 is 14.7 Å². The molecule has 0 saturated carbocycles. The molecule has 0 radical (unpaired) electrons. The van der Waals surface area contributed by atoms with Gasteiger partial charge in [0.25, 0.3) is 0 Å². The minimum absolute atomic E-state index is 0.357. The lowest BCUT2D eigenvalue weighted by molar-refractivity contribution is -0.0801. The number of hydrogen-bond donors (Lipinski definition) is 1. The molecular formula is C13H25NO2. The van der Waals surface area contributed by atoms with Crippen LogP contribution in [0.25, 0.3) is 0 Å². The van der Waals surface area contributed by atoms with E-state index in [2.05, 4.69) is 11.8 Å². The molecule has 3 atom stereocenters. The monoisotopic (exact) mass is 227 g/mol. The summed E-state index contributed by atoms with van der Waals surface area (Å²) in [5.41, 5.74) is -0.440. The Labute approximate surface area is 98.8 Å². The van der Waals surface area contributed by atoms with Crippen molar-refractivity contribution < 1.29 is 9.84 Å². The number of ether oxygens (including phenoxy) is 1. The Bertz CT molecular complexity index is 234. The van der Waals surface area contributed by atoms with Crippen LogP contribution in [0, 0.1) is 5.92 Å². The van der Waals surface area contributed by atoms with Crippen molar-refractivity contribution in [3.63, 3.8) is 0 Å². The molecule has 3 nitrogen and oxygen atoms in total. The number of fused-ring (bicyclic) bond motifs is 1. The topological polar surface area (TPSA) is 32.7 Å². The molecule has 0 aromatic carbocycles. The summed E-state index contributed by atoms with van der Waals surface area (Å²) in [7, 11) is 1.73. The first-order chi connectivity index (χ1) is 7.65. The second kappa shape index (κ2) is 5.03. The SMILES string of the molecule is COCCC(C)C1(O)CCN2CCCC2C1. The maximum absolute atomic E-state index is 10.7. The number of aliphatic hydroxyl groups is 1. The quantitative estimate of drug-likeness (QED) is 0.792. The molecule has 3 heteroatoms. The van der Waals surface area contributed by atoms with Crippen molar-refractivity contribution in [3.05, 3.63) is 0 Å². The van der Waals surface area contributed by atoms with Gasteiger partial charge in [-0.05, 0) is 44.6 Å². The molecule has 2 rings (SSSR count). The summed E-state index contributed by atoms with van der Waals surface area (Å²) in [6.45, 7) is 5.26. The minimum atomic E-state index is -0.440. The van der Waals surface area contributed by atoms with Gasteiger partial charge in [-0.1, -0.05) is 6.92 Å². The van der Waals surface area contributed by atoms with Crippen LogP contribution in [0.4, 0.5) is 0 Å². The highest BCUT2D eigenvalue weighted by Crippen LogP contribution is 2.38. The summed E-state index contributed by atoms with van der Waals surface area (Å²) in [5.74, 6) is 0.357. The second-order valence-electron chi connectivity index (χ2n) is 5.57. The highest BCUT2D eigenvalue weighted by Gasteiger charge is 2.42. The minimum Gasteiger partial charge on any atom is -0.390 e. The van der Waals surface area contributed by atoms with E-state index in [9.17, 15) is 5.11 Å². The second-order valence-corrected chi connectivity index (χ2v) is 5.57. The van der Waals surface area contributed by atoms with Gasteiger partial charge in [0.2, 0.25) is 0 Å². The average Bonchev–Trinajstić information content (AvgIpc) is 2.72. The summed E-state index contributed by atoms with van der Waals surface area (Å²) in [6.07, 6.45) is 5.47. The fourth-order valence-electron chi connectivity index (χ4n) is 3.28. The van der Waals surface area contributed by atoms with Crippen molar-refractivity contribution in [2.45, 2.75) is 50.7 Å². The van der Waals surface area contributed by atoms with Crippen LogP contribution in [-0.2, 0) is 4.74 Å². The smallest absolute Gasteiger partial charge is 0.0701 e. The van der Waals surface area contributed by atoms with E-state index in [0.29, 0.717) is 12.0 Å². The van der Waals surface area contributed by atoms with E-state index in [4.69, 9.17) is 4.74 Å². The zero-order chi connectivity index (χ0) is 11.6. The lowest BCUT2D eigenvalue weighted by atomic mass is 9.76. The normalized spacial score (nSPS) is 37.3. The van der Waals surface area contributed by atoms with Gasteiger partial charge in [0.15, 0.2) is 0 Å². The first-order valence-electron chi connectivity index (χ1n) is 6.61. The number of methoxy groups -OCH3 is 1. The van der Waals surface area contributed by atoms with Gasteiger partial charge in [0.1, 0.15) is 0 Å². The molecule has 2 aliphatic heterocycles. The van der Waals surface area contributed by atoms with E-state index in [1.807, 2.05) is 0 Å². The first kappa shape index (κ1) is 12.3. The van der Waals surface area contributed by atoms with E-state index < -0.39 is 5.60 Å². The maximum atomic E-state index is 10.7. The standard InChI is InChI=1S/C13H25NO2/c1-11(5-9-16-2)13(15)6-8-14-7-3-4-12(14)10-13/h11-12,15H,3-10H2,1-2H3. The fraction of sp³-hybridized carbons (Fsp3) is 1.00. The molecule has 0 aromatic heterocycles. The number of nitrogens with zero attached hydrogens (tertiary/aromatic N) is 1. The summed E-state index contributed by atoms with van der Waals surface area (Å²) in [6, 6.07) is 0.642.